The molecule has 6 heteroatoms. The maximum Gasteiger partial charge on any atom is 0.339 e. The van der Waals surface area contributed by atoms with Gasteiger partial charge in [0.1, 0.15) is 11.3 Å². The molecule has 1 unspecified atom stereocenters. The van der Waals surface area contributed by atoms with Crippen molar-refractivity contribution in [2.75, 3.05) is 13.1 Å². The lowest BCUT2D eigenvalue weighted by Gasteiger charge is -2.35. The number of nitrogens with zero attached hydrogens (tertiary/aromatic N) is 1. The summed E-state index contributed by atoms with van der Waals surface area (Å²) < 4.78 is 5.65. The van der Waals surface area contributed by atoms with Gasteiger partial charge in [-0.25, -0.2) is 4.79 Å². The highest BCUT2D eigenvalue weighted by atomic mass is 35.5. The van der Waals surface area contributed by atoms with Crippen LogP contribution in [0.2, 0.25) is 5.02 Å². The molecule has 0 bridgehead atoms. The summed E-state index contributed by atoms with van der Waals surface area (Å²) in [5.41, 5.74) is 0.359. The van der Waals surface area contributed by atoms with Crippen molar-refractivity contribution in [2.24, 2.45) is 0 Å². The Hall–Kier alpha value is -1.30. The summed E-state index contributed by atoms with van der Waals surface area (Å²) in [5, 5.41) is 19.4. The van der Waals surface area contributed by atoms with E-state index in [-0.39, 0.29) is 23.5 Å². The summed E-state index contributed by atoms with van der Waals surface area (Å²) in [6.45, 7) is 5.90. The average molecular weight is 300 g/mol. The Balaban J connectivity index is 2.23. The van der Waals surface area contributed by atoms with E-state index in [9.17, 15) is 9.90 Å². The van der Waals surface area contributed by atoms with Gasteiger partial charge < -0.3 is 14.9 Å². The number of carboxylic acid groups (broad SMARTS) is 1. The molecule has 1 saturated heterocycles. The number of rotatable bonds is 3. The molecule has 0 radical (unpaired) electrons. The molecule has 5 nitrogen and oxygen atoms in total. The van der Waals surface area contributed by atoms with Gasteiger partial charge in [-0.2, -0.15) is 0 Å². The summed E-state index contributed by atoms with van der Waals surface area (Å²) in [7, 11) is 0. The topological polar surface area (TPSA) is 70.0 Å². The van der Waals surface area contributed by atoms with Crippen molar-refractivity contribution in [3.05, 3.63) is 28.3 Å². The molecule has 0 amide bonds. The smallest absolute Gasteiger partial charge is 0.339 e. The minimum Gasteiger partial charge on any atom is -0.507 e. The second-order valence-corrected chi connectivity index (χ2v) is 5.65. The maximum atomic E-state index is 11.1. The van der Waals surface area contributed by atoms with Crippen LogP contribution in [0.1, 0.15) is 29.8 Å². The predicted octanol–water partition coefficient (Wildman–Crippen LogP) is 2.35. The molecule has 110 valence electrons. The van der Waals surface area contributed by atoms with Gasteiger partial charge in [-0.05, 0) is 26.0 Å². The SMILES string of the molecule is CC1CN(Cc2cc(Cl)cc(C(=O)O)c2O)C[C@@H](C)O1. The Labute approximate surface area is 122 Å². The van der Waals surface area contributed by atoms with Gasteiger partial charge in [0.25, 0.3) is 0 Å². The molecule has 2 atom stereocenters. The molecule has 1 heterocycles. The average Bonchev–Trinajstić information content (AvgIpc) is 2.31. The summed E-state index contributed by atoms with van der Waals surface area (Å²) >= 11 is 5.92. The van der Waals surface area contributed by atoms with Crippen molar-refractivity contribution in [1.82, 2.24) is 4.90 Å². The van der Waals surface area contributed by atoms with Crippen LogP contribution in [0.3, 0.4) is 0 Å². The molecule has 0 aromatic heterocycles. The van der Waals surface area contributed by atoms with Gasteiger partial charge in [0.15, 0.2) is 0 Å². The lowest BCUT2D eigenvalue weighted by molar-refractivity contribution is -0.0706. The Bertz CT molecular complexity index is 510. The van der Waals surface area contributed by atoms with Crippen LogP contribution >= 0.6 is 11.6 Å². The van der Waals surface area contributed by atoms with E-state index in [2.05, 4.69) is 4.90 Å². The van der Waals surface area contributed by atoms with Gasteiger partial charge >= 0.3 is 5.97 Å². The number of aromatic hydroxyl groups is 1. The van der Waals surface area contributed by atoms with Crippen molar-refractivity contribution in [3.8, 4) is 5.75 Å². The molecule has 2 N–H and O–H groups in total. The number of morpholine rings is 1. The highest BCUT2D eigenvalue weighted by Crippen LogP contribution is 2.29. The summed E-state index contributed by atoms with van der Waals surface area (Å²) in [6, 6.07) is 2.86. The van der Waals surface area contributed by atoms with E-state index in [1.807, 2.05) is 13.8 Å². The summed E-state index contributed by atoms with van der Waals surface area (Å²) in [4.78, 5) is 13.2. The van der Waals surface area contributed by atoms with Crippen molar-refractivity contribution in [3.63, 3.8) is 0 Å². The Morgan fingerprint density at radius 1 is 1.40 bits per heavy atom. The van der Waals surface area contributed by atoms with Gasteiger partial charge in [0.05, 0.1) is 12.2 Å². The van der Waals surface area contributed by atoms with Crippen LogP contribution in [0.15, 0.2) is 12.1 Å². The van der Waals surface area contributed by atoms with Crippen molar-refractivity contribution in [2.45, 2.75) is 32.6 Å². The molecule has 0 saturated carbocycles. The van der Waals surface area contributed by atoms with E-state index in [0.29, 0.717) is 17.1 Å². The van der Waals surface area contributed by atoms with Crippen LogP contribution in [0.4, 0.5) is 0 Å². The third-order valence-electron chi connectivity index (χ3n) is 3.27. The number of ether oxygens (including phenoxy) is 1. The van der Waals surface area contributed by atoms with Crippen LogP contribution in [0, 0.1) is 0 Å². The van der Waals surface area contributed by atoms with E-state index < -0.39 is 5.97 Å². The number of carboxylic acids is 1. The quantitative estimate of drug-likeness (QED) is 0.896. The molecule has 1 aromatic carbocycles. The molecule has 20 heavy (non-hydrogen) atoms. The van der Waals surface area contributed by atoms with Crippen molar-refractivity contribution < 1.29 is 19.7 Å². The molecule has 1 aliphatic heterocycles. The lowest BCUT2D eigenvalue weighted by Crippen LogP contribution is -2.44. The second-order valence-electron chi connectivity index (χ2n) is 5.22. The molecule has 1 aliphatic rings. The highest BCUT2D eigenvalue weighted by molar-refractivity contribution is 6.31. The fraction of sp³-hybridized carbons (Fsp3) is 0.500. The number of carbonyl (C=O) groups is 1. The first-order valence-electron chi connectivity index (χ1n) is 6.49. The summed E-state index contributed by atoms with van der Waals surface area (Å²) in [6.07, 6.45) is 0.220. The van der Waals surface area contributed by atoms with Gasteiger partial charge in [-0.15, -0.1) is 0 Å². The minimum absolute atomic E-state index is 0.110. The van der Waals surface area contributed by atoms with Gasteiger partial charge in [0, 0.05) is 30.2 Å². The Morgan fingerprint density at radius 3 is 2.55 bits per heavy atom. The highest BCUT2D eigenvalue weighted by Gasteiger charge is 2.24. The molecule has 0 aliphatic carbocycles. The number of benzene rings is 1. The third kappa shape index (κ3) is 3.42. The predicted molar refractivity (Wildman–Crippen MR) is 75.4 cm³/mol. The van der Waals surface area contributed by atoms with E-state index in [0.717, 1.165) is 13.1 Å². The van der Waals surface area contributed by atoms with Crippen LogP contribution in [0.25, 0.3) is 0 Å². The molecule has 0 spiro atoms. The van der Waals surface area contributed by atoms with Crippen LogP contribution in [0.5, 0.6) is 5.75 Å². The Morgan fingerprint density at radius 2 is 2.00 bits per heavy atom. The number of hydrogen-bond acceptors (Lipinski definition) is 4. The number of phenols is 1. The fourth-order valence-corrected chi connectivity index (χ4v) is 2.83. The number of halogens is 1. The normalized spacial score (nSPS) is 23.8. The molecule has 1 aromatic rings. The molecular weight excluding hydrogens is 282 g/mol. The molecule has 1 fully saturated rings. The van der Waals surface area contributed by atoms with E-state index >= 15 is 0 Å². The standard InChI is InChI=1S/C14H18ClNO4/c1-8-5-16(6-9(2)20-8)7-10-3-11(15)4-12(13(10)17)14(18)19/h3-4,8-9,17H,5-7H2,1-2H3,(H,18,19)/t8-,9?/m1/s1. The molecule has 2 rings (SSSR count). The third-order valence-corrected chi connectivity index (χ3v) is 3.49. The zero-order valence-electron chi connectivity index (χ0n) is 11.5. The number of hydrogen-bond donors (Lipinski definition) is 2. The second kappa shape index (κ2) is 5.99. The first kappa shape index (κ1) is 15.1. The van der Waals surface area contributed by atoms with E-state index in [1.165, 1.54) is 6.07 Å². The zero-order chi connectivity index (χ0) is 14.9. The first-order valence-corrected chi connectivity index (χ1v) is 6.87. The van der Waals surface area contributed by atoms with E-state index in [4.69, 9.17) is 21.4 Å². The largest absolute Gasteiger partial charge is 0.507 e. The maximum absolute atomic E-state index is 11.1. The summed E-state index contributed by atoms with van der Waals surface area (Å²) in [5.74, 6) is -1.40. The first-order chi connectivity index (χ1) is 9.36. The van der Waals surface area contributed by atoms with Gasteiger partial charge in [-0.3, -0.25) is 4.90 Å². The Kier molecular flexibility index (Phi) is 4.52. The fourth-order valence-electron chi connectivity index (χ4n) is 2.59. The van der Waals surface area contributed by atoms with Crippen LogP contribution in [-0.2, 0) is 11.3 Å². The number of aromatic carboxylic acids is 1. The monoisotopic (exact) mass is 299 g/mol. The van der Waals surface area contributed by atoms with Gasteiger partial charge in [0.2, 0.25) is 0 Å². The van der Waals surface area contributed by atoms with Crippen molar-refractivity contribution >= 4 is 17.6 Å². The van der Waals surface area contributed by atoms with Crippen molar-refractivity contribution in [1.29, 1.82) is 0 Å². The zero-order valence-corrected chi connectivity index (χ0v) is 12.2. The van der Waals surface area contributed by atoms with E-state index in [1.54, 1.807) is 6.07 Å². The van der Waals surface area contributed by atoms with Crippen LogP contribution in [-0.4, -0.2) is 46.4 Å². The lowest BCUT2D eigenvalue weighted by atomic mass is 10.1. The van der Waals surface area contributed by atoms with Gasteiger partial charge in [-0.1, -0.05) is 11.6 Å². The minimum atomic E-state index is -1.19. The molecular formula is C14H18ClNO4. The van der Waals surface area contributed by atoms with Crippen LogP contribution < -0.4 is 0 Å².